The van der Waals surface area contributed by atoms with Crippen LogP contribution < -0.4 is 10.1 Å². The molecule has 1 aromatic heterocycles. The van der Waals surface area contributed by atoms with Crippen molar-refractivity contribution in [2.24, 2.45) is 5.92 Å². The van der Waals surface area contributed by atoms with E-state index in [2.05, 4.69) is 53.6 Å². The van der Waals surface area contributed by atoms with Crippen LogP contribution in [0.1, 0.15) is 51.9 Å². The number of aliphatic hydroxyl groups excluding tert-OH is 1. The number of methoxy groups -OCH3 is 1. The smallest absolute Gasteiger partial charge is 0.253 e. The third-order valence-electron chi connectivity index (χ3n) is 8.47. The zero-order chi connectivity index (χ0) is 32.6. The van der Waals surface area contributed by atoms with E-state index in [0.717, 1.165) is 49.8 Å². The largest absolute Gasteiger partial charge is 0.496 e. The molecule has 2 heterocycles. The van der Waals surface area contributed by atoms with Crippen LogP contribution >= 0.6 is 11.8 Å². The number of hydrogen-bond donors (Lipinski definition) is 2. The molecule has 8 heteroatoms. The number of ether oxygens (including phenoxy) is 3. The molecular formula is C39H38N2O5S. The summed E-state index contributed by atoms with van der Waals surface area (Å²) in [7, 11) is 1.69. The van der Waals surface area contributed by atoms with Crippen LogP contribution in [0.15, 0.2) is 126 Å². The SMILES string of the molecule is COc1ccccc1SC[C@H]1O[C@@H](c2ccc(-c3ccccc3CNC(=O)c3cccnc3)cc2)O[C@@H](c2ccc(CO)cc2)[C@H]1C. The molecule has 1 amide bonds. The van der Waals surface area contributed by atoms with Gasteiger partial charge in [0.2, 0.25) is 0 Å². The number of carbonyl (C=O) groups excluding carboxylic acids is 1. The molecule has 0 bridgehead atoms. The van der Waals surface area contributed by atoms with Crippen LogP contribution in [0.5, 0.6) is 5.75 Å². The van der Waals surface area contributed by atoms with E-state index in [1.54, 1.807) is 43.4 Å². The van der Waals surface area contributed by atoms with Gasteiger partial charge in [0.15, 0.2) is 6.29 Å². The van der Waals surface area contributed by atoms with Crippen LogP contribution in [-0.2, 0) is 22.6 Å². The Morgan fingerprint density at radius 3 is 2.38 bits per heavy atom. The fourth-order valence-corrected chi connectivity index (χ4v) is 6.96. The second-order valence-electron chi connectivity index (χ2n) is 11.5. The number of nitrogens with one attached hydrogen (secondary N) is 1. The number of para-hydroxylation sites is 1. The molecule has 0 radical (unpaired) electrons. The molecule has 7 nitrogen and oxygen atoms in total. The van der Waals surface area contributed by atoms with Gasteiger partial charge >= 0.3 is 0 Å². The second kappa shape index (κ2) is 15.4. The molecule has 4 aromatic carbocycles. The molecule has 0 unspecified atom stereocenters. The van der Waals surface area contributed by atoms with Crippen molar-refractivity contribution >= 4 is 17.7 Å². The van der Waals surface area contributed by atoms with E-state index in [-0.39, 0.29) is 30.6 Å². The van der Waals surface area contributed by atoms with Gasteiger partial charge in [0, 0.05) is 41.1 Å². The highest BCUT2D eigenvalue weighted by Crippen LogP contribution is 2.44. The number of pyridine rings is 1. The highest BCUT2D eigenvalue weighted by Gasteiger charge is 2.38. The Labute approximate surface area is 279 Å². The molecule has 5 aromatic rings. The van der Waals surface area contributed by atoms with E-state index < -0.39 is 6.29 Å². The summed E-state index contributed by atoms with van der Waals surface area (Å²) in [5.74, 6) is 1.48. The minimum Gasteiger partial charge on any atom is -0.496 e. The van der Waals surface area contributed by atoms with Crippen LogP contribution in [-0.4, -0.2) is 35.0 Å². The summed E-state index contributed by atoms with van der Waals surface area (Å²) < 4.78 is 18.9. The topological polar surface area (TPSA) is 89.9 Å². The monoisotopic (exact) mass is 646 g/mol. The lowest BCUT2D eigenvalue weighted by atomic mass is 9.91. The molecule has 0 spiro atoms. The molecule has 4 atom stereocenters. The Bertz CT molecular complexity index is 1770. The van der Waals surface area contributed by atoms with Gasteiger partial charge in [-0.2, -0.15) is 0 Å². The number of benzene rings is 4. The normalized spacial score (nSPS) is 19.2. The van der Waals surface area contributed by atoms with Crippen LogP contribution in [0.4, 0.5) is 0 Å². The Morgan fingerprint density at radius 1 is 0.894 bits per heavy atom. The van der Waals surface area contributed by atoms with E-state index in [1.165, 1.54) is 0 Å². The highest BCUT2D eigenvalue weighted by molar-refractivity contribution is 7.99. The lowest BCUT2D eigenvalue weighted by Gasteiger charge is -2.41. The number of thioether (sulfide) groups is 1. The molecule has 1 aliphatic heterocycles. The zero-order valence-corrected chi connectivity index (χ0v) is 27.2. The van der Waals surface area contributed by atoms with Gasteiger partial charge in [-0.15, -0.1) is 11.8 Å². The van der Waals surface area contributed by atoms with Crippen molar-refractivity contribution in [2.45, 2.75) is 43.5 Å². The minimum absolute atomic E-state index is 0.00236. The number of aliphatic hydroxyl groups is 1. The fourth-order valence-electron chi connectivity index (χ4n) is 5.77. The summed E-state index contributed by atoms with van der Waals surface area (Å²) in [4.78, 5) is 17.8. The molecule has 1 aliphatic rings. The predicted molar refractivity (Wildman–Crippen MR) is 184 cm³/mol. The van der Waals surface area contributed by atoms with Gasteiger partial charge in [-0.1, -0.05) is 91.9 Å². The summed E-state index contributed by atoms with van der Waals surface area (Å²) >= 11 is 1.72. The van der Waals surface area contributed by atoms with Gasteiger partial charge in [0.1, 0.15) is 5.75 Å². The molecule has 1 saturated heterocycles. The maximum atomic E-state index is 12.7. The van der Waals surface area contributed by atoms with E-state index in [0.29, 0.717) is 12.1 Å². The molecule has 2 N–H and O–H groups in total. The molecule has 0 aliphatic carbocycles. The molecule has 47 heavy (non-hydrogen) atoms. The summed E-state index contributed by atoms with van der Waals surface area (Å²) in [5.41, 5.74) is 6.44. The summed E-state index contributed by atoms with van der Waals surface area (Å²) in [6.07, 6.45) is 2.34. The minimum atomic E-state index is -0.569. The first kappa shape index (κ1) is 32.5. The molecule has 0 saturated carbocycles. The number of rotatable bonds is 11. The summed E-state index contributed by atoms with van der Waals surface area (Å²) in [6.45, 7) is 2.56. The Hall–Kier alpha value is -4.47. The lowest BCUT2D eigenvalue weighted by molar-refractivity contribution is -0.268. The molecule has 6 rings (SSSR count). The van der Waals surface area contributed by atoms with E-state index in [4.69, 9.17) is 14.2 Å². The fraction of sp³-hybridized carbons (Fsp3) is 0.231. The van der Waals surface area contributed by atoms with Gasteiger partial charge in [-0.3, -0.25) is 9.78 Å². The van der Waals surface area contributed by atoms with Gasteiger partial charge in [0.25, 0.3) is 5.91 Å². The Kier molecular flexibility index (Phi) is 10.6. The first-order valence-corrected chi connectivity index (χ1v) is 16.7. The van der Waals surface area contributed by atoms with Crippen molar-refractivity contribution in [2.75, 3.05) is 12.9 Å². The second-order valence-corrected chi connectivity index (χ2v) is 12.5. The van der Waals surface area contributed by atoms with Crippen LogP contribution in [0.2, 0.25) is 0 Å². The average Bonchev–Trinajstić information content (AvgIpc) is 3.14. The maximum Gasteiger partial charge on any atom is 0.253 e. The van der Waals surface area contributed by atoms with E-state index in [9.17, 15) is 9.90 Å². The average molecular weight is 647 g/mol. The number of hydrogen-bond acceptors (Lipinski definition) is 7. The summed E-state index contributed by atoms with van der Waals surface area (Å²) in [5, 5.41) is 12.6. The van der Waals surface area contributed by atoms with Crippen molar-refractivity contribution in [1.29, 1.82) is 0 Å². The Balaban J connectivity index is 1.22. The Morgan fingerprint density at radius 2 is 1.64 bits per heavy atom. The standard InChI is InChI=1S/C39H38N2O5S/c1-26-35(25-47-36-12-6-5-11-34(36)44-2)45-39(46-37(26)29-15-13-27(24-42)14-16-29)30-19-17-28(18-20-30)33-10-4-3-8-31(33)23-41-38(43)32-9-7-21-40-22-32/h3-22,26,35,37,39,42H,23-25H2,1-2H3,(H,41,43)/t26-,35+,37+,39+/m0/s1. The highest BCUT2D eigenvalue weighted by atomic mass is 32.2. The van der Waals surface area contributed by atoms with Crippen molar-refractivity contribution in [3.63, 3.8) is 0 Å². The van der Waals surface area contributed by atoms with Gasteiger partial charge in [0.05, 0.1) is 31.5 Å². The van der Waals surface area contributed by atoms with Crippen molar-refractivity contribution in [1.82, 2.24) is 10.3 Å². The van der Waals surface area contributed by atoms with Crippen LogP contribution in [0, 0.1) is 5.92 Å². The lowest BCUT2D eigenvalue weighted by Crippen LogP contribution is -2.38. The van der Waals surface area contributed by atoms with Crippen molar-refractivity contribution in [3.8, 4) is 16.9 Å². The number of amides is 1. The zero-order valence-electron chi connectivity index (χ0n) is 26.4. The van der Waals surface area contributed by atoms with Crippen LogP contribution in [0.3, 0.4) is 0 Å². The summed E-state index contributed by atoms with van der Waals surface area (Å²) in [6, 6.07) is 35.8. The number of aromatic nitrogens is 1. The molecule has 240 valence electrons. The third kappa shape index (κ3) is 7.75. The van der Waals surface area contributed by atoms with E-state index in [1.807, 2.05) is 60.7 Å². The molecule has 1 fully saturated rings. The van der Waals surface area contributed by atoms with Gasteiger partial charge < -0.3 is 24.6 Å². The quantitative estimate of drug-likeness (QED) is 0.142. The van der Waals surface area contributed by atoms with Gasteiger partial charge in [-0.05, 0) is 52.1 Å². The first-order chi connectivity index (χ1) is 23.0. The van der Waals surface area contributed by atoms with Gasteiger partial charge in [-0.25, -0.2) is 0 Å². The molecular weight excluding hydrogens is 609 g/mol. The van der Waals surface area contributed by atoms with Crippen molar-refractivity contribution < 1.29 is 24.1 Å². The number of carbonyl (C=O) groups is 1. The number of nitrogens with zero attached hydrogens (tertiary/aromatic N) is 1. The predicted octanol–water partition coefficient (Wildman–Crippen LogP) is 7.76. The third-order valence-corrected chi connectivity index (χ3v) is 9.61. The van der Waals surface area contributed by atoms with E-state index >= 15 is 0 Å². The maximum absolute atomic E-state index is 12.7. The van der Waals surface area contributed by atoms with Crippen molar-refractivity contribution in [3.05, 3.63) is 149 Å². The van der Waals surface area contributed by atoms with Crippen LogP contribution in [0.25, 0.3) is 11.1 Å². The first-order valence-electron chi connectivity index (χ1n) is 15.7.